The molecule has 6 nitrogen and oxygen atoms in total. The number of unbranched alkanes of at least 4 members (excludes halogenated alkanes) is 39. The second-order valence-corrected chi connectivity index (χ2v) is 22.0. The van der Waals surface area contributed by atoms with E-state index in [9.17, 15) is 14.4 Å². The summed E-state index contributed by atoms with van der Waals surface area (Å²) in [4.78, 5) is 38.3. The molecule has 1 unspecified atom stereocenters. The zero-order chi connectivity index (χ0) is 54.3. The fourth-order valence-electron chi connectivity index (χ4n) is 9.59. The van der Waals surface area contributed by atoms with Crippen LogP contribution in [0.25, 0.3) is 0 Å². The quantitative estimate of drug-likeness (QED) is 0.0261. The first kappa shape index (κ1) is 72.1. The molecule has 0 aliphatic rings. The molecule has 0 amide bonds. The van der Waals surface area contributed by atoms with E-state index in [0.717, 1.165) is 89.9 Å². The van der Waals surface area contributed by atoms with Crippen molar-refractivity contribution in [3.8, 4) is 0 Å². The predicted octanol–water partition coefficient (Wildman–Crippen LogP) is 22.3. The number of hydrogen-bond acceptors (Lipinski definition) is 6. The number of hydrogen-bond donors (Lipinski definition) is 0. The molecule has 0 bridgehead atoms. The second kappa shape index (κ2) is 63.6. The fraction of sp³-hybridized carbons (Fsp3) is 0.812. The van der Waals surface area contributed by atoms with Gasteiger partial charge in [0.2, 0.25) is 0 Å². The molecule has 0 aromatic carbocycles. The summed E-state index contributed by atoms with van der Waals surface area (Å²) < 4.78 is 16.9. The van der Waals surface area contributed by atoms with E-state index in [0.29, 0.717) is 19.3 Å². The molecule has 0 N–H and O–H groups in total. The van der Waals surface area contributed by atoms with Crippen LogP contribution in [0, 0.1) is 0 Å². The molecule has 0 aromatic rings. The largest absolute Gasteiger partial charge is 0.462 e. The summed E-state index contributed by atoms with van der Waals surface area (Å²) in [6, 6.07) is 0. The first-order valence-electron chi connectivity index (χ1n) is 32.8. The van der Waals surface area contributed by atoms with Crippen LogP contribution in [0.5, 0.6) is 0 Å². The summed E-state index contributed by atoms with van der Waals surface area (Å²) in [5.74, 6) is -0.863. The first-order valence-corrected chi connectivity index (χ1v) is 32.8. The number of carbonyl (C=O) groups is 3. The van der Waals surface area contributed by atoms with Gasteiger partial charge in [0.1, 0.15) is 13.2 Å². The van der Waals surface area contributed by atoms with E-state index in [4.69, 9.17) is 14.2 Å². The zero-order valence-electron chi connectivity index (χ0n) is 50.1. The lowest BCUT2D eigenvalue weighted by Gasteiger charge is -2.18. The maximum absolute atomic E-state index is 12.9. The summed E-state index contributed by atoms with van der Waals surface area (Å²) in [6.07, 6.45) is 81.0. The van der Waals surface area contributed by atoms with Gasteiger partial charge < -0.3 is 14.2 Å². The van der Waals surface area contributed by atoms with Crippen molar-refractivity contribution in [1.29, 1.82) is 0 Å². The standard InChI is InChI=1S/C69H124O6/c1-4-7-10-13-16-19-22-24-26-28-30-31-32-33-34-35-36-37-39-40-42-44-47-50-53-56-59-62-68(71)74-65-66(64-73-67(70)61-58-55-52-49-46-21-18-15-12-9-6-3)75-69(72)63-60-57-54-51-48-45-43-41-38-29-27-25-23-20-17-14-11-8-5-2/h7,10,15-16,18-19,24,26,30-31,66H,4-6,8-9,11-14,17,20-23,25,27-29,32-65H2,1-3H3/b10-7-,18-15-,19-16-,26-24-,31-30-. The van der Waals surface area contributed by atoms with Gasteiger partial charge in [0.15, 0.2) is 6.10 Å². The van der Waals surface area contributed by atoms with Crippen molar-refractivity contribution in [2.75, 3.05) is 13.2 Å². The van der Waals surface area contributed by atoms with E-state index >= 15 is 0 Å². The molecule has 75 heavy (non-hydrogen) atoms. The van der Waals surface area contributed by atoms with Gasteiger partial charge in [-0.15, -0.1) is 0 Å². The molecule has 1 atom stereocenters. The molecule has 0 saturated carbocycles. The molecule has 0 aliphatic heterocycles. The van der Waals surface area contributed by atoms with Crippen LogP contribution in [0.2, 0.25) is 0 Å². The van der Waals surface area contributed by atoms with E-state index in [1.165, 1.54) is 212 Å². The highest BCUT2D eigenvalue weighted by atomic mass is 16.6. The van der Waals surface area contributed by atoms with E-state index in [1.807, 2.05) is 0 Å². The molecule has 0 rings (SSSR count). The molecule has 0 spiro atoms. The minimum Gasteiger partial charge on any atom is -0.462 e. The smallest absolute Gasteiger partial charge is 0.306 e. The lowest BCUT2D eigenvalue weighted by atomic mass is 10.0. The molecule has 0 heterocycles. The topological polar surface area (TPSA) is 78.9 Å². The molecule has 0 aromatic heterocycles. The molecular formula is C69H124O6. The Labute approximate surface area is 466 Å². The number of carbonyl (C=O) groups excluding carboxylic acids is 3. The van der Waals surface area contributed by atoms with Gasteiger partial charge in [0.25, 0.3) is 0 Å². The third-order valence-electron chi connectivity index (χ3n) is 14.5. The monoisotopic (exact) mass is 1050 g/mol. The molecule has 436 valence electrons. The molecule has 6 heteroatoms. The van der Waals surface area contributed by atoms with Crippen LogP contribution in [-0.4, -0.2) is 37.2 Å². The van der Waals surface area contributed by atoms with Gasteiger partial charge in [-0.2, -0.15) is 0 Å². The molecule has 0 fully saturated rings. The third kappa shape index (κ3) is 61.8. The van der Waals surface area contributed by atoms with Crippen LogP contribution in [0.1, 0.15) is 342 Å². The Bertz CT molecular complexity index is 1340. The summed E-state index contributed by atoms with van der Waals surface area (Å²) in [7, 11) is 0. The molecule has 0 saturated heterocycles. The van der Waals surface area contributed by atoms with Crippen molar-refractivity contribution in [1.82, 2.24) is 0 Å². The van der Waals surface area contributed by atoms with Crippen LogP contribution in [0.4, 0.5) is 0 Å². The number of rotatable bonds is 60. The lowest BCUT2D eigenvalue weighted by Crippen LogP contribution is -2.30. The molecule has 0 aliphatic carbocycles. The van der Waals surface area contributed by atoms with Crippen LogP contribution < -0.4 is 0 Å². The van der Waals surface area contributed by atoms with Gasteiger partial charge in [-0.25, -0.2) is 0 Å². The van der Waals surface area contributed by atoms with Crippen molar-refractivity contribution in [2.45, 2.75) is 348 Å². The normalized spacial score (nSPS) is 12.4. The summed E-state index contributed by atoms with van der Waals surface area (Å²) in [6.45, 7) is 6.53. The van der Waals surface area contributed by atoms with Crippen LogP contribution in [-0.2, 0) is 28.6 Å². The van der Waals surface area contributed by atoms with Crippen LogP contribution in [0.3, 0.4) is 0 Å². The van der Waals surface area contributed by atoms with Gasteiger partial charge in [0, 0.05) is 19.3 Å². The summed E-state index contributed by atoms with van der Waals surface area (Å²) in [5.41, 5.74) is 0. The van der Waals surface area contributed by atoms with Crippen molar-refractivity contribution in [3.63, 3.8) is 0 Å². The maximum Gasteiger partial charge on any atom is 0.306 e. The van der Waals surface area contributed by atoms with E-state index in [-0.39, 0.29) is 31.1 Å². The van der Waals surface area contributed by atoms with Gasteiger partial charge in [-0.3, -0.25) is 14.4 Å². The Hall–Kier alpha value is -2.89. The Morgan fingerprint density at radius 3 is 0.867 bits per heavy atom. The maximum atomic E-state index is 12.9. The average Bonchev–Trinajstić information content (AvgIpc) is 3.41. The highest BCUT2D eigenvalue weighted by Gasteiger charge is 2.19. The second-order valence-electron chi connectivity index (χ2n) is 22.0. The van der Waals surface area contributed by atoms with Gasteiger partial charge >= 0.3 is 17.9 Å². The number of allylic oxidation sites excluding steroid dienone is 10. The van der Waals surface area contributed by atoms with Gasteiger partial charge in [-0.1, -0.05) is 306 Å². The predicted molar refractivity (Wildman–Crippen MR) is 325 cm³/mol. The van der Waals surface area contributed by atoms with E-state index in [2.05, 4.69) is 81.5 Å². The molecule has 0 radical (unpaired) electrons. The SMILES string of the molecule is CC/C=C\C/C=C\C/C=C\C/C=C\CCCCCCCCCCCCCCCCC(=O)OCC(COC(=O)CCCCCCC/C=C\CCCC)OC(=O)CCCCCCCCCCCCCCCCCCCCC. The number of esters is 3. The lowest BCUT2D eigenvalue weighted by molar-refractivity contribution is -0.167. The van der Waals surface area contributed by atoms with Crippen LogP contribution >= 0.6 is 0 Å². The third-order valence-corrected chi connectivity index (χ3v) is 14.5. The van der Waals surface area contributed by atoms with Gasteiger partial charge in [0.05, 0.1) is 0 Å². The van der Waals surface area contributed by atoms with Gasteiger partial charge in [-0.05, 0) is 77.0 Å². The average molecular weight is 1050 g/mol. The highest BCUT2D eigenvalue weighted by Crippen LogP contribution is 2.18. The van der Waals surface area contributed by atoms with E-state index < -0.39 is 6.10 Å². The van der Waals surface area contributed by atoms with Crippen molar-refractivity contribution < 1.29 is 28.6 Å². The van der Waals surface area contributed by atoms with Crippen molar-refractivity contribution in [3.05, 3.63) is 60.8 Å². The Morgan fingerprint density at radius 2 is 0.533 bits per heavy atom. The Morgan fingerprint density at radius 1 is 0.280 bits per heavy atom. The highest BCUT2D eigenvalue weighted by molar-refractivity contribution is 5.71. The van der Waals surface area contributed by atoms with Crippen molar-refractivity contribution in [2.24, 2.45) is 0 Å². The first-order chi connectivity index (χ1) is 37.0. The van der Waals surface area contributed by atoms with Crippen molar-refractivity contribution >= 4 is 17.9 Å². The van der Waals surface area contributed by atoms with Crippen LogP contribution in [0.15, 0.2) is 60.8 Å². The summed E-state index contributed by atoms with van der Waals surface area (Å²) in [5, 5.41) is 0. The van der Waals surface area contributed by atoms with E-state index in [1.54, 1.807) is 0 Å². The minimum atomic E-state index is -0.775. The Balaban J connectivity index is 4.20. The summed E-state index contributed by atoms with van der Waals surface area (Å²) >= 11 is 0. The Kier molecular flexibility index (Phi) is 61.2. The minimum absolute atomic E-state index is 0.0728. The fourth-order valence-corrected chi connectivity index (χ4v) is 9.59. The molecular weight excluding hydrogens is 925 g/mol. The zero-order valence-corrected chi connectivity index (χ0v) is 50.1. The number of ether oxygens (including phenoxy) is 3.